The van der Waals surface area contributed by atoms with Crippen molar-refractivity contribution < 1.29 is 0 Å². The first-order chi connectivity index (χ1) is 6.29. The van der Waals surface area contributed by atoms with E-state index in [-0.39, 0.29) is 11.1 Å². The standard InChI is InChI=1S/C10H10N2O/c1-2-3-6-12-7-4-5-9(8-11)10(12)13/h2,4-5,7H,1,3,6H2. The lowest BCUT2D eigenvalue weighted by atomic mass is 10.3. The maximum Gasteiger partial charge on any atom is 0.268 e. The molecule has 0 aliphatic heterocycles. The van der Waals surface area contributed by atoms with Crippen LogP contribution in [0.2, 0.25) is 0 Å². The van der Waals surface area contributed by atoms with E-state index in [9.17, 15) is 4.79 Å². The van der Waals surface area contributed by atoms with Crippen LogP contribution in [0.5, 0.6) is 0 Å². The normalized spacial score (nSPS) is 9.15. The molecule has 0 N–H and O–H groups in total. The molecule has 0 bridgehead atoms. The summed E-state index contributed by atoms with van der Waals surface area (Å²) >= 11 is 0. The lowest BCUT2D eigenvalue weighted by Gasteiger charge is -2.01. The Labute approximate surface area is 76.6 Å². The summed E-state index contributed by atoms with van der Waals surface area (Å²) in [4.78, 5) is 11.4. The molecule has 0 aromatic carbocycles. The van der Waals surface area contributed by atoms with Crippen molar-refractivity contribution in [3.63, 3.8) is 0 Å². The molecule has 13 heavy (non-hydrogen) atoms. The van der Waals surface area contributed by atoms with Crippen molar-refractivity contribution in [2.24, 2.45) is 0 Å². The number of pyridine rings is 1. The highest BCUT2D eigenvalue weighted by Gasteiger charge is 1.99. The zero-order valence-electron chi connectivity index (χ0n) is 7.23. The smallest absolute Gasteiger partial charge is 0.268 e. The van der Waals surface area contributed by atoms with Crippen molar-refractivity contribution in [2.75, 3.05) is 0 Å². The van der Waals surface area contributed by atoms with Gasteiger partial charge in [0.15, 0.2) is 0 Å². The maximum absolute atomic E-state index is 11.4. The van der Waals surface area contributed by atoms with E-state index in [4.69, 9.17) is 5.26 Å². The van der Waals surface area contributed by atoms with Crippen LogP contribution in [0, 0.1) is 11.3 Å². The Morgan fingerprint density at radius 1 is 1.69 bits per heavy atom. The number of aromatic nitrogens is 1. The van der Waals surface area contributed by atoms with Gasteiger partial charge in [-0.15, -0.1) is 6.58 Å². The first kappa shape index (κ1) is 9.27. The second-order valence-electron chi connectivity index (χ2n) is 2.61. The average molecular weight is 174 g/mol. The Balaban J connectivity index is 3.03. The molecule has 0 atom stereocenters. The monoisotopic (exact) mass is 174 g/mol. The molecule has 0 fully saturated rings. The van der Waals surface area contributed by atoms with E-state index in [0.717, 1.165) is 6.42 Å². The molecule has 0 amide bonds. The summed E-state index contributed by atoms with van der Waals surface area (Å²) in [5.41, 5.74) is -0.0431. The van der Waals surface area contributed by atoms with Gasteiger partial charge in [-0.1, -0.05) is 6.08 Å². The van der Waals surface area contributed by atoms with Gasteiger partial charge in [-0.25, -0.2) is 0 Å². The van der Waals surface area contributed by atoms with Crippen LogP contribution >= 0.6 is 0 Å². The van der Waals surface area contributed by atoms with Gasteiger partial charge in [-0.2, -0.15) is 5.26 Å². The van der Waals surface area contributed by atoms with Crippen molar-refractivity contribution in [1.82, 2.24) is 4.57 Å². The zero-order chi connectivity index (χ0) is 9.68. The second-order valence-corrected chi connectivity index (χ2v) is 2.61. The summed E-state index contributed by atoms with van der Waals surface area (Å²) in [7, 11) is 0. The van der Waals surface area contributed by atoms with E-state index in [1.54, 1.807) is 18.3 Å². The highest BCUT2D eigenvalue weighted by molar-refractivity contribution is 5.24. The van der Waals surface area contributed by atoms with Crippen LogP contribution in [-0.2, 0) is 6.54 Å². The minimum absolute atomic E-state index is 0.187. The van der Waals surface area contributed by atoms with Gasteiger partial charge < -0.3 is 4.57 Å². The van der Waals surface area contributed by atoms with Crippen LogP contribution in [0.1, 0.15) is 12.0 Å². The third-order valence-corrected chi connectivity index (χ3v) is 1.71. The minimum atomic E-state index is -0.230. The predicted molar refractivity (Wildman–Crippen MR) is 50.2 cm³/mol. The molecule has 0 spiro atoms. The van der Waals surface area contributed by atoms with E-state index in [2.05, 4.69) is 6.58 Å². The molecule has 1 rings (SSSR count). The van der Waals surface area contributed by atoms with Crippen molar-refractivity contribution in [2.45, 2.75) is 13.0 Å². The maximum atomic E-state index is 11.4. The average Bonchev–Trinajstić information content (AvgIpc) is 2.16. The Hall–Kier alpha value is -1.82. The van der Waals surface area contributed by atoms with Crippen molar-refractivity contribution in [3.8, 4) is 6.07 Å². The fraction of sp³-hybridized carbons (Fsp3) is 0.200. The molecule has 0 unspecified atom stereocenters. The van der Waals surface area contributed by atoms with Gasteiger partial charge >= 0.3 is 0 Å². The second kappa shape index (κ2) is 4.27. The molecule has 1 aromatic heterocycles. The predicted octanol–water partition coefficient (Wildman–Crippen LogP) is 1.30. The van der Waals surface area contributed by atoms with Gasteiger partial charge in [0.25, 0.3) is 5.56 Å². The molecular weight excluding hydrogens is 164 g/mol. The van der Waals surface area contributed by atoms with Gasteiger partial charge in [0.1, 0.15) is 11.6 Å². The fourth-order valence-electron chi connectivity index (χ4n) is 1.03. The van der Waals surface area contributed by atoms with Crippen molar-refractivity contribution in [1.29, 1.82) is 5.26 Å². The summed E-state index contributed by atoms with van der Waals surface area (Å²) in [5.74, 6) is 0. The highest BCUT2D eigenvalue weighted by atomic mass is 16.1. The number of nitriles is 1. The van der Waals surface area contributed by atoms with Gasteiger partial charge in [-0.05, 0) is 18.6 Å². The molecular formula is C10H10N2O. The number of nitrogens with zero attached hydrogens (tertiary/aromatic N) is 2. The van der Waals surface area contributed by atoms with Crippen molar-refractivity contribution in [3.05, 3.63) is 46.9 Å². The summed E-state index contributed by atoms with van der Waals surface area (Å²) in [6.45, 7) is 4.15. The van der Waals surface area contributed by atoms with E-state index >= 15 is 0 Å². The fourth-order valence-corrected chi connectivity index (χ4v) is 1.03. The SMILES string of the molecule is C=CCCn1cccc(C#N)c1=O. The molecule has 0 radical (unpaired) electrons. The molecule has 0 saturated carbocycles. The number of aryl methyl sites for hydroxylation is 1. The number of rotatable bonds is 3. The molecule has 1 aromatic rings. The molecule has 1 heterocycles. The summed E-state index contributed by atoms with van der Waals surface area (Å²) in [6.07, 6.45) is 4.15. The lowest BCUT2D eigenvalue weighted by molar-refractivity contribution is 0.680. The van der Waals surface area contributed by atoms with E-state index in [1.807, 2.05) is 6.07 Å². The van der Waals surface area contributed by atoms with Crippen molar-refractivity contribution >= 4 is 0 Å². The first-order valence-corrected chi connectivity index (χ1v) is 4.00. The molecule has 0 aliphatic carbocycles. The molecule has 0 saturated heterocycles. The third kappa shape index (κ3) is 2.06. The Morgan fingerprint density at radius 3 is 3.08 bits per heavy atom. The van der Waals surface area contributed by atoms with Crippen LogP contribution in [0.4, 0.5) is 0 Å². The molecule has 3 nitrogen and oxygen atoms in total. The van der Waals surface area contributed by atoms with Crippen LogP contribution in [0.3, 0.4) is 0 Å². The number of allylic oxidation sites excluding steroid dienone is 1. The lowest BCUT2D eigenvalue weighted by Crippen LogP contribution is -2.21. The van der Waals surface area contributed by atoms with Crippen LogP contribution in [-0.4, -0.2) is 4.57 Å². The number of hydrogen-bond acceptors (Lipinski definition) is 2. The van der Waals surface area contributed by atoms with Crippen LogP contribution in [0.25, 0.3) is 0 Å². The van der Waals surface area contributed by atoms with E-state index < -0.39 is 0 Å². The van der Waals surface area contributed by atoms with Gasteiger partial charge in [0.05, 0.1) is 0 Å². The zero-order valence-corrected chi connectivity index (χ0v) is 7.23. The largest absolute Gasteiger partial charge is 0.314 e. The third-order valence-electron chi connectivity index (χ3n) is 1.71. The Bertz CT molecular complexity index is 398. The van der Waals surface area contributed by atoms with Gasteiger partial charge in [-0.3, -0.25) is 4.79 Å². The first-order valence-electron chi connectivity index (χ1n) is 4.00. The molecule has 66 valence electrons. The summed E-state index contributed by atoms with van der Waals surface area (Å²) in [5, 5.41) is 8.58. The van der Waals surface area contributed by atoms with Crippen LogP contribution < -0.4 is 5.56 Å². The number of hydrogen-bond donors (Lipinski definition) is 0. The molecule has 3 heteroatoms. The van der Waals surface area contributed by atoms with Crippen LogP contribution in [0.15, 0.2) is 35.8 Å². The molecule has 0 aliphatic rings. The summed E-state index contributed by atoms with van der Waals surface area (Å²) in [6, 6.07) is 5.07. The Morgan fingerprint density at radius 2 is 2.46 bits per heavy atom. The van der Waals surface area contributed by atoms with Gasteiger partial charge in [0.2, 0.25) is 0 Å². The van der Waals surface area contributed by atoms with E-state index in [0.29, 0.717) is 6.54 Å². The highest BCUT2D eigenvalue weighted by Crippen LogP contribution is 1.91. The Kier molecular flexibility index (Phi) is 3.04. The topological polar surface area (TPSA) is 45.8 Å². The summed E-state index contributed by atoms with van der Waals surface area (Å²) < 4.78 is 1.51. The minimum Gasteiger partial charge on any atom is -0.314 e. The van der Waals surface area contributed by atoms with Gasteiger partial charge in [0, 0.05) is 12.7 Å². The quantitative estimate of drug-likeness (QED) is 0.648. The van der Waals surface area contributed by atoms with E-state index in [1.165, 1.54) is 10.6 Å².